The zero-order valence-corrected chi connectivity index (χ0v) is 13.4. The summed E-state index contributed by atoms with van der Waals surface area (Å²) in [6, 6.07) is 0.167. The second-order valence-electron chi connectivity index (χ2n) is 8.11. The number of nitrogens with one attached hydrogen (secondary N) is 1. The van der Waals surface area contributed by atoms with Crippen LogP contribution >= 0.6 is 0 Å². The molecule has 20 heavy (non-hydrogen) atoms. The summed E-state index contributed by atoms with van der Waals surface area (Å²) in [5.41, 5.74) is -0.248. The molecule has 1 atom stereocenters. The molecule has 0 radical (unpaired) electrons. The Labute approximate surface area is 122 Å². The highest BCUT2D eigenvalue weighted by molar-refractivity contribution is 5.78. The van der Waals surface area contributed by atoms with Crippen molar-refractivity contribution in [1.29, 1.82) is 0 Å². The van der Waals surface area contributed by atoms with E-state index in [9.17, 15) is 9.90 Å². The molecule has 4 heteroatoms. The molecule has 2 fully saturated rings. The SMILES string of the molecule is CC1(O)CC(NC(=O)CN2CCCC(C(C)(C)C)C2)C1. The van der Waals surface area contributed by atoms with Gasteiger partial charge in [-0.2, -0.15) is 0 Å². The minimum atomic E-state index is -0.569. The Kier molecular flexibility index (Phi) is 4.45. The van der Waals surface area contributed by atoms with Gasteiger partial charge >= 0.3 is 0 Å². The number of carbonyl (C=O) groups is 1. The number of likely N-dealkylation sites (tertiary alicyclic amines) is 1. The Bertz CT molecular complexity index is 352. The lowest BCUT2D eigenvalue weighted by Crippen LogP contribution is -2.55. The van der Waals surface area contributed by atoms with Crippen LogP contribution in [0, 0.1) is 11.3 Å². The maximum absolute atomic E-state index is 12.0. The highest BCUT2D eigenvalue weighted by Crippen LogP contribution is 2.33. The van der Waals surface area contributed by atoms with Crippen molar-refractivity contribution in [2.45, 2.75) is 65.0 Å². The second kappa shape index (κ2) is 5.64. The van der Waals surface area contributed by atoms with Crippen LogP contribution in [0.1, 0.15) is 53.4 Å². The van der Waals surface area contributed by atoms with E-state index < -0.39 is 5.60 Å². The summed E-state index contributed by atoms with van der Waals surface area (Å²) in [6.45, 7) is 11.3. The summed E-state index contributed by atoms with van der Waals surface area (Å²) in [6.07, 6.45) is 3.83. The summed E-state index contributed by atoms with van der Waals surface area (Å²) in [5, 5.41) is 12.7. The Morgan fingerprint density at radius 2 is 2.05 bits per heavy atom. The molecule has 4 nitrogen and oxygen atoms in total. The molecule has 2 aliphatic rings. The molecule has 1 heterocycles. The monoisotopic (exact) mass is 282 g/mol. The van der Waals surface area contributed by atoms with Crippen LogP contribution in [-0.4, -0.2) is 47.2 Å². The number of rotatable bonds is 3. The van der Waals surface area contributed by atoms with E-state index in [-0.39, 0.29) is 11.9 Å². The molecule has 0 aromatic heterocycles. The van der Waals surface area contributed by atoms with E-state index in [4.69, 9.17) is 0 Å². The van der Waals surface area contributed by atoms with Crippen molar-refractivity contribution < 1.29 is 9.90 Å². The lowest BCUT2D eigenvalue weighted by atomic mass is 9.76. The van der Waals surface area contributed by atoms with Crippen LogP contribution < -0.4 is 5.32 Å². The predicted molar refractivity (Wildman–Crippen MR) is 80.4 cm³/mol. The zero-order valence-electron chi connectivity index (χ0n) is 13.4. The van der Waals surface area contributed by atoms with Crippen LogP contribution in [0.15, 0.2) is 0 Å². The van der Waals surface area contributed by atoms with Crippen LogP contribution in [0.5, 0.6) is 0 Å². The van der Waals surface area contributed by atoms with Gasteiger partial charge in [0.05, 0.1) is 12.1 Å². The maximum Gasteiger partial charge on any atom is 0.234 e. The van der Waals surface area contributed by atoms with Crippen molar-refractivity contribution in [3.8, 4) is 0 Å². The first-order valence-corrected chi connectivity index (χ1v) is 7.90. The summed E-state index contributed by atoms with van der Waals surface area (Å²) >= 11 is 0. The van der Waals surface area contributed by atoms with Crippen molar-refractivity contribution in [2.75, 3.05) is 19.6 Å². The molecule has 0 bridgehead atoms. The first kappa shape index (κ1) is 15.8. The molecule has 1 amide bonds. The molecule has 116 valence electrons. The number of nitrogens with zero attached hydrogens (tertiary/aromatic N) is 1. The van der Waals surface area contributed by atoms with Crippen molar-refractivity contribution in [2.24, 2.45) is 11.3 Å². The smallest absolute Gasteiger partial charge is 0.234 e. The molecule has 1 saturated carbocycles. The predicted octanol–water partition coefficient (Wildman–Crippen LogP) is 1.77. The largest absolute Gasteiger partial charge is 0.390 e. The van der Waals surface area contributed by atoms with Gasteiger partial charge in [0.1, 0.15) is 0 Å². The minimum Gasteiger partial charge on any atom is -0.390 e. The van der Waals surface area contributed by atoms with Gasteiger partial charge < -0.3 is 10.4 Å². The standard InChI is InChI=1S/C16H30N2O2/c1-15(2,3)12-6-5-7-18(10-12)11-14(19)17-13-8-16(4,20)9-13/h12-13,20H,5-11H2,1-4H3,(H,17,19). The lowest BCUT2D eigenvalue weighted by molar-refractivity contribution is -0.126. The molecule has 0 aromatic carbocycles. The number of amides is 1. The molecule has 2 rings (SSSR count). The number of aliphatic hydroxyl groups is 1. The van der Waals surface area contributed by atoms with E-state index in [1.165, 1.54) is 12.8 Å². The Morgan fingerprint density at radius 1 is 1.40 bits per heavy atom. The van der Waals surface area contributed by atoms with Gasteiger partial charge in [0, 0.05) is 12.6 Å². The molecule has 0 spiro atoms. The summed E-state index contributed by atoms with van der Waals surface area (Å²) in [4.78, 5) is 14.3. The van der Waals surface area contributed by atoms with Crippen molar-refractivity contribution in [1.82, 2.24) is 10.2 Å². The fourth-order valence-corrected chi connectivity index (χ4v) is 3.49. The minimum absolute atomic E-state index is 0.111. The zero-order chi connectivity index (χ0) is 15.0. The van der Waals surface area contributed by atoms with Gasteiger partial charge in [-0.1, -0.05) is 20.8 Å². The average molecular weight is 282 g/mol. The van der Waals surface area contributed by atoms with E-state index >= 15 is 0 Å². The summed E-state index contributed by atoms with van der Waals surface area (Å²) < 4.78 is 0. The maximum atomic E-state index is 12.0. The topological polar surface area (TPSA) is 52.6 Å². The number of hydrogen-bond donors (Lipinski definition) is 2. The van der Waals surface area contributed by atoms with Crippen molar-refractivity contribution in [3.63, 3.8) is 0 Å². The Balaban J connectivity index is 1.74. The van der Waals surface area contributed by atoms with E-state index in [0.29, 0.717) is 30.7 Å². The van der Waals surface area contributed by atoms with Gasteiger partial charge in [-0.25, -0.2) is 0 Å². The van der Waals surface area contributed by atoms with Gasteiger partial charge in [-0.05, 0) is 50.5 Å². The first-order valence-electron chi connectivity index (χ1n) is 7.90. The number of carbonyl (C=O) groups excluding carboxylic acids is 1. The van der Waals surface area contributed by atoms with E-state index in [2.05, 4.69) is 31.0 Å². The van der Waals surface area contributed by atoms with Crippen LogP contribution in [0.25, 0.3) is 0 Å². The molecule has 1 aliphatic carbocycles. The fraction of sp³-hybridized carbons (Fsp3) is 0.938. The Hall–Kier alpha value is -0.610. The van der Waals surface area contributed by atoms with E-state index in [1.807, 2.05) is 6.92 Å². The van der Waals surface area contributed by atoms with Crippen molar-refractivity contribution >= 4 is 5.91 Å². The van der Waals surface area contributed by atoms with Crippen molar-refractivity contribution in [3.05, 3.63) is 0 Å². The highest BCUT2D eigenvalue weighted by Gasteiger charge is 2.39. The van der Waals surface area contributed by atoms with Gasteiger partial charge in [-0.3, -0.25) is 9.69 Å². The molecule has 2 N–H and O–H groups in total. The third kappa shape index (κ3) is 4.19. The van der Waals surface area contributed by atoms with Crippen LogP contribution in [0.2, 0.25) is 0 Å². The summed E-state index contributed by atoms with van der Waals surface area (Å²) in [7, 11) is 0. The molecule has 1 saturated heterocycles. The van der Waals surface area contributed by atoms with Gasteiger partial charge in [0.15, 0.2) is 0 Å². The molecular weight excluding hydrogens is 252 g/mol. The summed E-state index contributed by atoms with van der Waals surface area (Å²) in [5.74, 6) is 0.786. The second-order valence-corrected chi connectivity index (χ2v) is 8.11. The van der Waals surface area contributed by atoms with E-state index in [0.717, 1.165) is 13.1 Å². The van der Waals surface area contributed by atoms with Crippen LogP contribution in [0.3, 0.4) is 0 Å². The number of piperidine rings is 1. The molecule has 0 aromatic rings. The van der Waals surface area contributed by atoms with Gasteiger partial charge in [0.25, 0.3) is 0 Å². The first-order chi connectivity index (χ1) is 9.16. The van der Waals surface area contributed by atoms with Crippen LogP contribution in [-0.2, 0) is 4.79 Å². The molecular formula is C16H30N2O2. The van der Waals surface area contributed by atoms with Gasteiger partial charge in [-0.15, -0.1) is 0 Å². The molecule has 1 unspecified atom stereocenters. The normalized spacial score (nSPS) is 35.5. The third-order valence-corrected chi connectivity index (χ3v) is 4.83. The number of hydrogen-bond acceptors (Lipinski definition) is 3. The quantitative estimate of drug-likeness (QED) is 0.829. The van der Waals surface area contributed by atoms with E-state index in [1.54, 1.807) is 0 Å². The van der Waals surface area contributed by atoms with Crippen LogP contribution in [0.4, 0.5) is 0 Å². The third-order valence-electron chi connectivity index (χ3n) is 4.83. The highest BCUT2D eigenvalue weighted by atomic mass is 16.3. The van der Waals surface area contributed by atoms with Gasteiger partial charge in [0.2, 0.25) is 5.91 Å². The average Bonchev–Trinajstić information content (AvgIpc) is 2.25. The lowest BCUT2D eigenvalue weighted by Gasteiger charge is -2.42. The fourth-order valence-electron chi connectivity index (χ4n) is 3.49. The molecule has 1 aliphatic heterocycles. The Morgan fingerprint density at radius 3 is 2.60 bits per heavy atom.